The number of amides is 2. The number of carbonyl (C=O) groups excluding carboxylic acids is 2. The third-order valence-corrected chi connectivity index (χ3v) is 8.68. The molecule has 3 aromatic carbocycles. The highest BCUT2D eigenvalue weighted by Crippen LogP contribution is 2.33. The minimum absolute atomic E-state index is 0.102. The quantitative estimate of drug-likeness (QED) is 0.229. The number of rotatable bonds is 9. The monoisotopic (exact) mass is 661 g/mol. The Morgan fingerprint density at radius 3 is 2.13 bits per heavy atom. The molecule has 2 amide bonds. The van der Waals surface area contributed by atoms with Crippen molar-refractivity contribution in [2.45, 2.75) is 25.3 Å². The Balaban J connectivity index is 1.71. The summed E-state index contributed by atoms with van der Waals surface area (Å²) >= 11 is 6.77. The van der Waals surface area contributed by atoms with Crippen molar-refractivity contribution >= 4 is 70.4 Å². The lowest BCUT2D eigenvalue weighted by Crippen LogP contribution is -2.33. The fraction of sp³-hybridized carbons (Fsp3) is 0.185. The molecular weight excluding hydrogens is 638 g/mol. The number of benzene rings is 3. The summed E-state index contributed by atoms with van der Waals surface area (Å²) in [4.78, 5) is 23.9. The third-order valence-electron chi connectivity index (χ3n) is 5.84. The molecule has 11 heteroatoms. The maximum absolute atomic E-state index is 13.8. The van der Waals surface area contributed by atoms with E-state index in [9.17, 15) is 18.0 Å². The van der Waals surface area contributed by atoms with Crippen molar-refractivity contribution in [3.63, 3.8) is 0 Å². The Bertz CT molecular complexity index is 1580. The van der Waals surface area contributed by atoms with Crippen molar-refractivity contribution in [2.75, 3.05) is 17.4 Å². The summed E-state index contributed by atoms with van der Waals surface area (Å²) in [7, 11) is -3.94. The summed E-state index contributed by atoms with van der Waals surface area (Å²) in [5.41, 5.74) is 2.29. The van der Waals surface area contributed by atoms with E-state index in [0.717, 1.165) is 14.5 Å². The SMILES string of the molecule is CC(=O)NCCNC(=O)c1oc2ccc(N(Cc3ccc(Br)cc3)S(=O)(=O)c3ccc(Br)cc3)cc2c1C. The van der Waals surface area contributed by atoms with Crippen LogP contribution in [0.5, 0.6) is 0 Å². The molecule has 4 rings (SSSR count). The zero-order valence-corrected chi connectivity index (χ0v) is 24.6. The summed E-state index contributed by atoms with van der Waals surface area (Å²) in [5, 5.41) is 5.96. The molecule has 198 valence electrons. The summed E-state index contributed by atoms with van der Waals surface area (Å²) in [6, 6.07) is 19.0. The molecule has 0 aliphatic heterocycles. The van der Waals surface area contributed by atoms with Crippen LogP contribution in [0.2, 0.25) is 0 Å². The first-order valence-electron chi connectivity index (χ1n) is 11.6. The second kappa shape index (κ2) is 11.7. The van der Waals surface area contributed by atoms with Gasteiger partial charge in [0.1, 0.15) is 5.58 Å². The van der Waals surface area contributed by atoms with Gasteiger partial charge in [-0.3, -0.25) is 13.9 Å². The molecule has 0 aliphatic carbocycles. The number of hydrogen-bond acceptors (Lipinski definition) is 5. The molecular formula is C27H25Br2N3O5S. The van der Waals surface area contributed by atoms with Gasteiger partial charge in [0.2, 0.25) is 5.91 Å². The van der Waals surface area contributed by atoms with Gasteiger partial charge in [-0.15, -0.1) is 0 Å². The van der Waals surface area contributed by atoms with Crippen LogP contribution in [-0.4, -0.2) is 33.3 Å². The lowest BCUT2D eigenvalue weighted by Gasteiger charge is -2.25. The van der Waals surface area contributed by atoms with E-state index in [-0.39, 0.29) is 29.7 Å². The molecule has 0 radical (unpaired) electrons. The van der Waals surface area contributed by atoms with Crippen LogP contribution in [0.4, 0.5) is 5.69 Å². The van der Waals surface area contributed by atoms with Crippen molar-refractivity contribution in [3.8, 4) is 0 Å². The third kappa shape index (κ3) is 6.28. The molecule has 0 fully saturated rings. The number of anilines is 1. The zero-order valence-electron chi connectivity index (χ0n) is 20.6. The van der Waals surface area contributed by atoms with Gasteiger partial charge in [0, 0.05) is 39.9 Å². The maximum Gasteiger partial charge on any atom is 0.287 e. The molecule has 0 saturated heterocycles. The summed E-state index contributed by atoms with van der Waals surface area (Å²) in [5.74, 6) is -0.465. The molecule has 0 bridgehead atoms. The molecule has 2 N–H and O–H groups in total. The largest absolute Gasteiger partial charge is 0.451 e. The number of carbonyl (C=O) groups is 2. The van der Waals surface area contributed by atoms with Gasteiger partial charge >= 0.3 is 0 Å². The number of sulfonamides is 1. The highest BCUT2D eigenvalue weighted by Gasteiger charge is 2.27. The number of nitrogens with zero attached hydrogens (tertiary/aromatic N) is 1. The number of hydrogen-bond donors (Lipinski definition) is 2. The zero-order chi connectivity index (χ0) is 27.4. The van der Waals surface area contributed by atoms with Gasteiger partial charge in [0.05, 0.1) is 17.1 Å². The number of fused-ring (bicyclic) bond motifs is 1. The van der Waals surface area contributed by atoms with E-state index >= 15 is 0 Å². The van der Waals surface area contributed by atoms with Gasteiger partial charge < -0.3 is 15.1 Å². The molecule has 4 aromatic rings. The fourth-order valence-electron chi connectivity index (χ4n) is 3.88. The molecule has 8 nitrogen and oxygen atoms in total. The molecule has 0 saturated carbocycles. The summed E-state index contributed by atoms with van der Waals surface area (Å²) in [6.07, 6.45) is 0. The lowest BCUT2D eigenvalue weighted by molar-refractivity contribution is -0.118. The molecule has 0 aliphatic rings. The van der Waals surface area contributed by atoms with Crippen LogP contribution in [-0.2, 0) is 21.4 Å². The topological polar surface area (TPSA) is 109 Å². The Kier molecular flexibility index (Phi) is 8.59. The summed E-state index contributed by atoms with van der Waals surface area (Å²) in [6.45, 7) is 3.79. The Labute approximate surface area is 237 Å². The number of aryl methyl sites for hydroxylation is 1. The Hall–Kier alpha value is -3.15. The first kappa shape index (κ1) is 27.9. The Morgan fingerprint density at radius 2 is 1.50 bits per heavy atom. The molecule has 0 atom stereocenters. The van der Waals surface area contributed by atoms with Crippen molar-refractivity contribution in [1.29, 1.82) is 0 Å². The van der Waals surface area contributed by atoms with E-state index in [2.05, 4.69) is 42.5 Å². The minimum Gasteiger partial charge on any atom is -0.451 e. The van der Waals surface area contributed by atoms with Gasteiger partial charge in [0.25, 0.3) is 15.9 Å². The van der Waals surface area contributed by atoms with Gasteiger partial charge in [-0.1, -0.05) is 44.0 Å². The van der Waals surface area contributed by atoms with E-state index in [1.807, 2.05) is 24.3 Å². The average molecular weight is 663 g/mol. The van der Waals surface area contributed by atoms with Crippen molar-refractivity contribution in [2.24, 2.45) is 0 Å². The van der Waals surface area contributed by atoms with E-state index in [4.69, 9.17) is 4.42 Å². The van der Waals surface area contributed by atoms with Crippen molar-refractivity contribution in [1.82, 2.24) is 10.6 Å². The lowest BCUT2D eigenvalue weighted by atomic mass is 10.1. The highest BCUT2D eigenvalue weighted by atomic mass is 79.9. The maximum atomic E-state index is 13.8. The van der Waals surface area contributed by atoms with Gasteiger partial charge in [-0.25, -0.2) is 8.42 Å². The predicted octanol–water partition coefficient (Wildman–Crippen LogP) is 5.53. The smallest absolute Gasteiger partial charge is 0.287 e. The van der Waals surface area contributed by atoms with Crippen LogP contribution >= 0.6 is 31.9 Å². The number of halogens is 2. The van der Waals surface area contributed by atoms with Crippen LogP contribution < -0.4 is 14.9 Å². The van der Waals surface area contributed by atoms with Crippen LogP contribution in [0.1, 0.15) is 28.6 Å². The average Bonchev–Trinajstić information content (AvgIpc) is 3.22. The summed E-state index contributed by atoms with van der Waals surface area (Å²) < 4.78 is 36.5. The van der Waals surface area contributed by atoms with Gasteiger partial charge in [-0.2, -0.15) is 0 Å². The normalized spacial score (nSPS) is 11.4. The molecule has 1 heterocycles. The van der Waals surface area contributed by atoms with E-state index in [1.165, 1.54) is 11.2 Å². The second-order valence-electron chi connectivity index (χ2n) is 8.57. The number of nitrogens with one attached hydrogen (secondary N) is 2. The predicted molar refractivity (Wildman–Crippen MR) is 154 cm³/mol. The molecule has 0 unspecified atom stereocenters. The van der Waals surface area contributed by atoms with Gasteiger partial charge in [0.15, 0.2) is 5.76 Å². The minimum atomic E-state index is -3.94. The first-order valence-corrected chi connectivity index (χ1v) is 14.7. The van der Waals surface area contributed by atoms with Crippen molar-refractivity contribution in [3.05, 3.63) is 92.6 Å². The van der Waals surface area contributed by atoms with Gasteiger partial charge in [-0.05, 0) is 67.1 Å². The Morgan fingerprint density at radius 1 is 0.895 bits per heavy atom. The van der Waals surface area contributed by atoms with Crippen LogP contribution in [0.25, 0.3) is 11.0 Å². The molecule has 38 heavy (non-hydrogen) atoms. The van der Waals surface area contributed by atoms with Crippen molar-refractivity contribution < 1.29 is 22.4 Å². The second-order valence-corrected chi connectivity index (χ2v) is 12.3. The van der Waals surface area contributed by atoms with Crippen LogP contribution in [0.3, 0.4) is 0 Å². The van der Waals surface area contributed by atoms with E-state index < -0.39 is 15.9 Å². The van der Waals surface area contributed by atoms with Crippen LogP contribution in [0.15, 0.2) is 85.0 Å². The standard InChI is InChI=1S/C27H25Br2N3O5S/c1-17-24-15-22(9-12-25(24)37-26(17)27(34)31-14-13-30-18(2)33)32(16-19-3-5-20(28)6-4-19)38(35,36)23-10-7-21(29)8-11-23/h3-12,15H,13-14,16H2,1-2H3,(H,30,33)(H,31,34). The van der Waals surface area contributed by atoms with E-state index in [1.54, 1.807) is 49.4 Å². The molecule has 0 spiro atoms. The van der Waals surface area contributed by atoms with E-state index in [0.29, 0.717) is 28.8 Å². The first-order chi connectivity index (χ1) is 18.1. The molecule has 1 aromatic heterocycles. The number of furan rings is 1. The highest BCUT2D eigenvalue weighted by molar-refractivity contribution is 9.10. The fourth-order valence-corrected chi connectivity index (χ4v) is 5.85. The van der Waals surface area contributed by atoms with Crippen LogP contribution in [0, 0.1) is 6.92 Å².